The van der Waals surface area contributed by atoms with Gasteiger partial charge in [-0.3, -0.25) is 20.2 Å². The van der Waals surface area contributed by atoms with Gasteiger partial charge >= 0.3 is 0 Å². The summed E-state index contributed by atoms with van der Waals surface area (Å²) in [6.07, 6.45) is 0. The van der Waals surface area contributed by atoms with E-state index in [1.807, 2.05) is 0 Å². The Balaban J connectivity index is 0.00000106. The first-order valence-corrected chi connectivity index (χ1v) is 5.75. The summed E-state index contributed by atoms with van der Waals surface area (Å²) in [4.78, 5) is 20.2. The molecule has 2 aromatic carbocycles. The van der Waals surface area contributed by atoms with E-state index in [2.05, 4.69) is 0 Å². The lowest BCUT2D eigenvalue weighted by Crippen LogP contribution is -1.94. The SMILES string of the molecule is N#N.O=[N+]([O-])c1cc(-c2ccccc2Cl)cc([N+](=O)[O-])c1. The topological polar surface area (TPSA) is 134 Å². The van der Waals surface area contributed by atoms with E-state index in [1.165, 1.54) is 12.1 Å². The van der Waals surface area contributed by atoms with Crippen LogP contribution in [-0.4, -0.2) is 9.85 Å². The van der Waals surface area contributed by atoms with Crippen LogP contribution in [0.3, 0.4) is 0 Å². The van der Waals surface area contributed by atoms with E-state index in [0.29, 0.717) is 16.1 Å². The molecule has 0 bridgehead atoms. The van der Waals surface area contributed by atoms with Gasteiger partial charge in [-0.1, -0.05) is 29.8 Å². The largest absolute Gasteiger partial charge is 0.276 e. The van der Waals surface area contributed by atoms with Crippen LogP contribution >= 0.6 is 11.6 Å². The third-order valence-electron chi connectivity index (χ3n) is 2.51. The molecule has 0 aromatic heterocycles. The highest BCUT2D eigenvalue weighted by Crippen LogP contribution is 2.33. The number of hydrogen-bond donors (Lipinski definition) is 0. The molecule has 0 radical (unpaired) electrons. The first-order chi connectivity index (χ1) is 9.99. The fourth-order valence-corrected chi connectivity index (χ4v) is 1.90. The molecule has 0 heterocycles. The Morgan fingerprint density at radius 2 is 1.38 bits per heavy atom. The monoisotopic (exact) mass is 306 g/mol. The van der Waals surface area contributed by atoms with Crippen LogP contribution < -0.4 is 0 Å². The Labute approximate surface area is 123 Å². The van der Waals surface area contributed by atoms with Crippen molar-refractivity contribution >= 4 is 23.0 Å². The quantitative estimate of drug-likeness (QED) is 0.480. The summed E-state index contributed by atoms with van der Waals surface area (Å²) in [6.45, 7) is 0. The van der Waals surface area contributed by atoms with Crippen molar-refractivity contribution in [2.24, 2.45) is 0 Å². The van der Waals surface area contributed by atoms with Gasteiger partial charge in [0.05, 0.1) is 15.9 Å². The molecule has 0 unspecified atom stereocenters. The fourth-order valence-electron chi connectivity index (χ4n) is 1.66. The first kappa shape index (κ1) is 16.0. The van der Waals surface area contributed by atoms with Crippen LogP contribution in [0.2, 0.25) is 5.02 Å². The summed E-state index contributed by atoms with van der Waals surface area (Å²) < 4.78 is 0. The molecule has 0 aliphatic carbocycles. The van der Waals surface area contributed by atoms with Crippen molar-refractivity contribution in [1.82, 2.24) is 0 Å². The predicted octanol–water partition coefficient (Wildman–Crippen LogP) is 3.85. The van der Waals surface area contributed by atoms with Crippen molar-refractivity contribution in [2.75, 3.05) is 0 Å². The van der Waals surface area contributed by atoms with Crippen LogP contribution in [-0.2, 0) is 0 Å². The Hall–Kier alpha value is -3.05. The van der Waals surface area contributed by atoms with Crippen LogP contribution in [0.25, 0.3) is 11.1 Å². The van der Waals surface area contributed by atoms with Crippen molar-refractivity contribution in [2.45, 2.75) is 0 Å². The lowest BCUT2D eigenvalue weighted by Gasteiger charge is -2.04. The zero-order chi connectivity index (χ0) is 16.0. The van der Waals surface area contributed by atoms with E-state index in [-0.39, 0.29) is 11.4 Å². The third kappa shape index (κ3) is 3.71. The van der Waals surface area contributed by atoms with Crippen LogP contribution in [0.1, 0.15) is 0 Å². The number of rotatable bonds is 3. The summed E-state index contributed by atoms with van der Waals surface area (Å²) in [5.41, 5.74) is 0.163. The summed E-state index contributed by atoms with van der Waals surface area (Å²) in [6, 6.07) is 10.1. The van der Waals surface area contributed by atoms with E-state index in [4.69, 9.17) is 22.4 Å². The molecule has 0 amide bonds. The molecular formula is C12H7ClN4O4. The van der Waals surface area contributed by atoms with Gasteiger partial charge in [-0.25, -0.2) is 0 Å². The molecule has 8 nitrogen and oxygen atoms in total. The second-order valence-corrected chi connectivity index (χ2v) is 4.14. The number of non-ortho nitro benzene ring substituents is 2. The first-order valence-electron chi connectivity index (χ1n) is 5.38. The molecular weight excluding hydrogens is 300 g/mol. The Morgan fingerprint density at radius 1 is 0.905 bits per heavy atom. The Bertz CT molecular complexity index is 685. The molecule has 2 rings (SSSR count). The lowest BCUT2D eigenvalue weighted by atomic mass is 10.0. The summed E-state index contributed by atoms with van der Waals surface area (Å²) in [7, 11) is 0. The zero-order valence-corrected chi connectivity index (χ0v) is 11.1. The van der Waals surface area contributed by atoms with Gasteiger partial charge in [0.1, 0.15) is 0 Å². The number of benzene rings is 2. The van der Waals surface area contributed by atoms with Crippen LogP contribution in [0.4, 0.5) is 11.4 Å². The molecule has 9 heteroatoms. The van der Waals surface area contributed by atoms with Gasteiger partial charge in [0.2, 0.25) is 0 Å². The maximum atomic E-state index is 10.8. The molecule has 0 fully saturated rings. The average Bonchev–Trinajstić information content (AvgIpc) is 2.49. The van der Waals surface area contributed by atoms with E-state index >= 15 is 0 Å². The van der Waals surface area contributed by atoms with Gasteiger partial charge in [-0.2, -0.15) is 0 Å². The summed E-state index contributed by atoms with van der Waals surface area (Å²) in [5, 5.41) is 34.0. The van der Waals surface area contributed by atoms with E-state index in [1.54, 1.807) is 24.3 Å². The van der Waals surface area contributed by atoms with Crippen molar-refractivity contribution in [3.05, 3.63) is 67.7 Å². The van der Waals surface area contributed by atoms with E-state index in [9.17, 15) is 20.2 Å². The highest BCUT2D eigenvalue weighted by atomic mass is 35.5. The van der Waals surface area contributed by atoms with E-state index in [0.717, 1.165) is 6.07 Å². The van der Waals surface area contributed by atoms with Crippen molar-refractivity contribution < 1.29 is 9.85 Å². The van der Waals surface area contributed by atoms with Gasteiger partial charge in [0.25, 0.3) is 11.4 Å². The van der Waals surface area contributed by atoms with Gasteiger partial charge < -0.3 is 0 Å². The van der Waals surface area contributed by atoms with Gasteiger partial charge in [-0.05, 0) is 11.6 Å². The number of nitro benzene ring substituents is 2. The maximum Gasteiger partial charge on any atom is 0.276 e. The molecule has 0 aliphatic rings. The van der Waals surface area contributed by atoms with Crippen LogP contribution in [0.5, 0.6) is 0 Å². The highest BCUT2D eigenvalue weighted by Gasteiger charge is 2.17. The number of halogens is 1. The minimum atomic E-state index is -0.673. The zero-order valence-electron chi connectivity index (χ0n) is 10.3. The molecule has 0 saturated heterocycles. The fraction of sp³-hybridized carbons (Fsp3) is 0. The molecule has 0 aliphatic heterocycles. The third-order valence-corrected chi connectivity index (χ3v) is 2.84. The lowest BCUT2D eigenvalue weighted by molar-refractivity contribution is -0.394. The molecule has 21 heavy (non-hydrogen) atoms. The standard InChI is InChI=1S/C12H7ClN2O4.N2/c13-12-4-2-1-3-11(12)8-5-9(14(16)17)7-10(6-8)15(18)19;1-2/h1-7H;. The molecule has 2 aromatic rings. The average molecular weight is 307 g/mol. The Kier molecular flexibility index (Phi) is 5.28. The maximum absolute atomic E-state index is 10.8. The minimum Gasteiger partial charge on any atom is -0.258 e. The number of nitro groups is 2. The predicted molar refractivity (Wildman–Crippen MR) is 73.6 cm³/mol. The van der Waals surface area contributed by atoms with Gasteiger partial charge in [0, 0.05) is 33.5 Å². The van der Waals surface area contributed by atoms with Crippen molar-refractivity contribution in [3.8, 4) is 11.1 Å². The minimum absolute atomic E-state index is 0.339. The highest BCUT2D eigenvalue weighted by molar-refractivity contribution is 6.33. The summed E-state index contributed by atoms with van der Waals surface area (Å²) >= 11 is 5.98. The van der Waals surface area contributed by atoms with Crippen LogP contribution in [0.15, 0.2) is 42.5 Å². The molecule has 0 saturated carbocycles. The van der Waals surface area contributed by atoms with Gasteiger partial charge in [0.15, 0.2) is 0 Å². The molecule has 106 valence electrons. The molecule has 0 atom stereocenters. The molecule has 0 spiro atoms. The van der Waals surface area contributed by atoms with Crippen LogP contribution in [0, 0.1) is 31.0 Å². The van der Waals surface area contributed by atoms with Crippen molar-refractivity contribution in [1.29, 1.82) is 10.8 Å². The van der Waals surface area contributed by atoms with E-state index < -0.39 is 9.85 Å². The molecule has 0 N–H and O–H groups in total. The normalized spacial score (nSPS) is 9.29. The van der Waals surface area contributed by atoms with Crippen molar-refractivity contribution in [3.63, 3.8) is 0 Å². The summed E-state index contributed by atoms with van der Waals surface area (Å²) in [5.74, 6) is 0. The number of nitrogens with zero attached hydrogens (tertiary/aromatic N) is 4. The smallest absolute Gasteiger partial charge is 0.258 e. The van der Waals surface area contributed by atoms with Gasteiger partial charge in [-0.15, -0.1) is 0 Å². The Morgan fingerprint density at radius 3 is 1.81 bits per heavy atom. The number of hydrogen-bond acceptors (Lipinski definition) is 6. The second kappa shape index (κ2) is 6.93. The second-order valence-electron chi connectivity index (χ2n) is 3.73.